The Kier molecular flexibility index (Phi) is 4.49. The van der Waals surface area contributed by atoms with Crippen LogP contribution in [0, 0.1) is 6.92 Å². The van der Waals surface area contributed by atoms with Crippen molar-refractivity contribution in [1.82, 2.24) is 14.8 Å². The number of benzene rings is 2. The summed E-state index contributed by atoms with van der Waals surface area (Å²) in [5.74, 6) is 0.854. The SMILES string of the molecule is Cc1nc(C(=O)Nc2ccc3c(c2)COC3)nn1-c1ccccc1C(C)C. The third-order valence-corrected chi connectivity index (χ3v) is 4.74. The summed E-state index contributed by atoms with van der Waals surface area (Å²) in [6.07, 6.45) is 0. The van der Waals surface area contributed by atoms with Crippen LogP contribution in [-0.2, 0) is 18.0 Å². The number of anilines is 1. The Morgan fingerprint density at radius 1 is 1.15 bits per heavy atom. The maximum atomic E-state index is 12.6. The Bertz CT molecular complexity index is 1010. The predicted octanol–water partition coefficient (Wildman–Crippen LogP) is 3.98. The van der Waals surface area contributed by atoms with Gasteiger partial charge < -0.3 is 10.1 Å². The van der Waals surface area contributed by atoms with Gasteiger partial charge in [-0.25, -0.2) is 9.67 Å². The molecule has 0 aliphatic carbocycles. The first-order valence-corrected chi connectivity index (χ1v) is 9.07. The van der Waals surface area contributed by atoms with Gasteiger partial charge in [-0.2, -0.15) is 0 Å². The van der Waals surface area contributed by atoms with Crippen LogP contribution in [0.2, 0.25) is 0 Å². The summed E-state index contributed by atoms with van der Waals surface area (Å²) < 4.78 is 7.15. The molecule has 1 aliphatic rings. The molecule has 6 nitrogen and oxygen atoms in total. The fourth-order valence-corrected chi connectivity index (χ4v) is 3.32. The van der Waals surface area contributed by atoms with E-state index in [-0.39, 0.29) is 11.7 Å². The second-order valence-electron chi connectivity index (χ2n) is 7.04. The molecule has 0 bridgehead atoms. The van der Waals surface area contributed by atoms with Gasteiger partial charge in [-0.15, -0.1) is 5.10 Å². The average Bonchev–Trinajstić information content (AvgIpc) is 3.27. The number of nitrogens with zero attached hydrogens (tertiary/aromatic N) is 3. The number of para-hydroxylation sites is 1. The molecule has 1 N–H and O–H groups in total. The number of carbonyl (C=O) groups is 1. The molecule has 4 rings (SSSR count). The van der Waals surface area contributed by atoms with Gasteiger partial charge in [0.05, 0.1) is 18.9 Å². The number of rotatable bonds is 4. The number of fused-ring (bicyclic) bond motifs is 1. The van der Waals surface area contributed by atoms with Gasteiger partial charge in [0.1, 0.15) is 5.82 Å². The standard InChI is InChI=1S/C21H22N4O2/c1-13(2)18-6-4-5-7-19(18)25-14(3)22-20(24-25)21(26)23-17-9-8-15-11-27-12-16(15)10-17/h4-10,13H,11-12H2,1-3H3,(H,23,26). The molecule has 2 aromatic carbocycles. The summed E-state index contributed by atoms with van der Waals surface area (Å²) >= 11 is 0. The van der Waals surface area contributed by atoms with Crippen molar-refractivity contribution in [2.45, 2.75) is 39.9 Å². The van der Waals surface area contributed by atoms with E-state index in [4.69, 9.17) is 4.74 Å². The van der Waals surface area contributed by atoms with Crippen LogP contribution in [0.15, 0.2) is 42.5 Å². The molecule has 0 radical (unpaired) electrons. The van der Waals surface area contributed by atoms with Crippen molar-refractivity contribution in [2.24, 2.45) is 0 Å². The summed E-state index contributed by atoms with van der Waals surface area (Å²) in [5.41, 5.74) is 5.10. The third kappa shape index (κ3) is 3.36. The Labute approximate surface area is 158 Å². The number of carbonyl (C=O) groups excluding carboxylic acids is 1. The maximum Gasteiger partial charge on any atom is 0.295 e. The lowest BCUT2D eigenvalue weighted by Gasteiger charge is -2.12. The number of aryl methyl sites for hydroxylation is 1. The molecule has 0 spiro atoms. The van der Waals surface area contributed by atoms with Gasteiger partial charge in [-0.1, -0.05) is 38.1 Å². The Hall–Kier alpha value is -2.99. The lowest BCUT2D eigenvalue weighted by Crippen LogP contribution is -2.14. The van der Waals surface area contributed by atoms with Crippen LogP contribution in [-0.4, -0.2) is 20.7 Å². The van der Waals surface area contributed by atoms with E-state index in [1.807, 2.05) is 43.3 Å². The summed E-state index contributed by atoms with van der Waals surface area (Å²) in [6, 6.07) is 13.9. The van der Waals surface area contributed by atoms with Crippen LogP contribution < -0.4 is 5.32 Å². The Morgan fingerprint density at radius 2 is 1.93 bits per heavy atom. The van der Waals surface area contributed by atoms with Crippen molar-refractivity contribution >= 4 is 11.6 Å². The second kappa shape index (κ2) is 6.96. The monoisotopic (exact) mass is 362 g/mol. The lowest BCUT2D eigenvalue weighted by atomic mass is 10.0. The highest BCUT2D eigenvalue weighted by molar-refractivity contribution is 6.01. The molecule has 0 atom stereocenters. The maximum absolute atomic E-state index is 12.6. The first-order chi connectivity index (χ1) is 13.0. The molecule has 0 saturated carbocycles. The topological polar surface area (TPSA) is 69.0 Å². The normalized spacial score (nSPS) is 13.0. The molecule has 3 aromatic rings. The van der Waals surface area contributed by atoms with Crippen molar-refractivity contribution < 1.29 is 9.53 Å². The van der Waals surface area contributed by atoms with Gasteiger partial charge in [0.15, 0.2) is 0 Å². The summed E-state index contributed by atoms with van der Waals surface area (Å²) in [4.78, 5) is 17.0. The molecule has 138 valence electrons. The lowest BCUT2D eigenvalue weighted by molar-refractivity contribution is 0.101. The Morgan fingerprint density at radius 3 is 2.74 bits per heavy atom. The van der Waals surface area contributed by atoms with Crippen LogP contribution >= 0.6 is 0 Å². The van der Waals surface area contributed by atoms with E-state index in [0.717, 1.165) is 28.1 Å². The van der Waals surface area contributed by atoms with Gasteiger partial charge in [0.25, 0.3) is 5.91 Å². The fourth-order valence-electron chi connectivity index (χ4n) is 3.32. The van der Waals surface area contributed by atoms with Gasteiger partial charge in [-0.3, -0.25) is 4.79 Å². The largest absolute Gasteiger partial charge is 0.372 e. The van der Waals surface area contributed by atoms with Crippen molar-refractivity contribution in [1.29, 1.82) is 0 Å². The summed E-state index contributed by atoms with van der Waals surface area (Å²) in [6.45, 7) is 7.33. The van der Waals surface area contributed by atoms with Gasteiger partial charge in [-0.05, 0) is 47.7 Å². The number of amides is 1. The first-order valence-electron chi connectivity index (χ1n) is 9.07. The summed E-state index contributed by atoms with van der Waals surface area (Å²) in [5, 5.41) is 7.34. The zero-order chi connectivity index (χ0) is 19.0. The first kappa shape index (κ1) is 17.4. The van der Waals surface area contributed by atoms with E-state index in [0.29, 0.717) is 25.0 Å². The van der Waals surface area contributed by atoms with Crippen LogP contribution in [0.25, 0.3) is 5.69 Å². The second-order valence-corrected chi connectivity index (χ2v) is 7.04. The van der Waals surface area contributed by atoms with E-state index >= 15 is 0 Å². The number of nitrogens with one attached hydrogen (secondary N) is 1. The molecular formula is C21H22N4O2. The molecule has 6 heteroatoms. The number of ether oxygens (including phenoxy) is 1. The van der Waals surface area contributed by atoms with E-state index in [2.05, 4.69) is 35.3 Å². The molecule has 0 saturated heterocycles. The van der Waals surface area contributed by atoms with Crippen molar-refractivity contribution in [3.63, 3.8) is 0 Å². The van der Waals surface area contributed by atoms with Crippen molar-refractivity contribution in [3.8, 4) is 5.69 Å². The zero-order valence-electron chi connectivity index (χ0n) is 15.7. The van der Waals surface area contributed by atoms with Crippen LogP contribution in [0.3, 0.4) is 0 Å². The number of hydrogen-bond donors (Lipinski definition) is 1. The fraction of sp³-hybridized carbons (Fsp3) is 0.286. The van der Waals surface area contributed by atoms with Crippen molar-refractivity contribution in [3.05, 3.63) is 70.8 Å². The van der Waals surface area contributed by atoms with Gasteiger partial charge in [0, 0.05) is 5.69 Å². The highest BCUT2D eigenvalue weighted by atomic mass is 16.5. The molecular weight excluding hydrogens is 340 g/mol. The van der Waals surface area contributed by atoms with E-state index in [1.165, 1.54) is 0 Å². The Balaban J connectivity index is 1.61. The molecule has 27 heavy (non-hydrogen) atoms. The zero-order valence-corrected chi connectivity index (χ0v) is 15.7. The third-order valence-electron chi connectivity index (χ3n) is 4.74. The predicted molar refractivity (Wildman–Crippen MR) is 103 cm³/mol. The molecule has 2 heterocycles. The van der Waals surface area contributed by atoms with E-state index in [9.17, 15) is 4.79 Å². The molecule has 0 unspecified atom stereocenters. The quantitative estimate of drug-likeness (QED) is 0.762. The number of hydrogen-bond acceptors (Lipinski definition) is 4. The smallest absolute Gasteiger partial charge is 0.295 e. The average molecular weight is 362 g/mol. The van der Waals surface area contributed by atoms with E-state index < -0.39 is 0 Å². The van der Waals surface area contributed by atoms with Gasteiger partial charge >= 0.3 is 0 Å². The minimum absolute atomic E-state index is 0.155. The van der Waals surface area contributed by atoms with Crippen molar-refractivity contribution in [2.75, 3.05) is 5.32 Å². The highest BCUT2D eigenvalue weighted by Gasteiger charge is 2.19. The van der Waals surface area contributed by atoms with Gasteiger partial charge in [0.2, 0.25) is 5.82 Å². The molecule has 0 fully saturated rings. The molecule has 1 amide bonds. The van der Waals surface area contributed by atoms with Crippen LogP contribution in [0.1, 0.15) is 52.9 Å². The molecule has 1 aliphatic heterocycles. The minimum Gasteiger partial charge on any atom is -0.372 e. The van der Waals surface area contributed by atoms with E-state index in [1.54, 1.807) is 4.68 Å². The summed E-state index contributed by atoms with van der Waals surface area (Å²) in [7, 11) is 0. The number of aromatic nitrogens is 3. The van der Waals surface area contributed by atoms with Crippen LogP contribution in [0.4, 0.5) is 5.69 Å². The minimum atomic E-state index is -0.322. The molecule has 1 aromatic heterocycles. The van der Waals surface area contributed by atoms with Crippen LogP contribution in [0.5, 0.6) is 0 Å². The highest BCUT2D eigenvalue weighted by Crippen LogP contribution is 2.25.